The van der Waals surface area contributed by atoms with Gasteiger partial charge in [-0.1, -0.05) is 41.7 Å². The maximum absolute atomic E-state index is 5.69. The lowest BCUT2D eigenvalue weighted by Gasteiger charge is -1.98. The lowest BCUT2D eigenvalue weighted by molar-refractivity contribution is 1.04. The molecule has 1 aromatic carbocycles. The number of aromatic nitrogens is 2. The molecule has 0 amide bonds. The summed E-state index contributed by atoms with van der Waals surface area (Å²) in [5.74, 6) is 1.87. The van der Waals surface area contributed by atoms with Crippen LogP contribution in [0.2, 0.25) is 4.47 Å². The molecule has 0 fully saturated rings. The van der Waals surface area contributed by atoms with Gasteiger partial charge in [-0.25, -0.2) is 0 Å². The maximum atomic E-state index is 5.69. The molecule has 0 saturated carbocycles. The quantitative estimate of drug-likeness (QED) is 0.836. The second-order valence-electron chi connectivity index (χ2n) is 2.93. The van der Waals surface area contributed by atoms with Gasteiger partial charge in [-0.3, -0.25) is 0 Å². The molecular formula is C10H9ClN2S2. The number of hydrogen-bond acceptors (Lipinski definition) is 4. The number of nitrogens with zero attached hydrogens (tertiary/aromatic N) is 2. The van der Waals surface area contributed by atoms with E-state index in [1.165, 1.54) is 16.9 Å². The van der Waals surface area contributed by atoms with Gasteiger partial charge in [0.1, 0.15) is 5.01 Å². The topological polar surface area (TPSA) is 25.8 Å². The van der Waals surface area contributed by atoms with Crippen molar-refractivity contribution in [2.75, 3.05) is 0 Å². The summed E-state index contributed by atoms with van der Waals surface area (Å²) in [6.45, 7) is 0. The molecule has 0 unspecified atom stereocenters. The molecule has 2 nitrogen and oxygen atoms in total. The van der Waals surface area contributed by atoms with Crippen molar-refractivity contribution in [2.24, 2.45) is 0 Å². The van der Waals surface area contributed by atoms with E-state index < -0.39 is 0 Å². The van der Waals surface area contributed by atoms with Gasteiger partial charge < -0.3 is 0 Å². The van der Waals surface area contributed by atoms with Gasteiger partial charge in [-0.15, -0.1) is 22.0 Å². The highest BCUT2D eigenvalue weighted by molar-refractivity contribution is 7.97. The number of benzene rings is 1. The fraction of sp³-hybridized carbons (Fsp3) is 0.200. The van der Waals surface area contributed by atoms with Gasteiger partial charge in [0.25, 0.3) is 0 Å². The molecule has 0 radical (unpaired) electrons. The van der Waals surface area contributed by atoms with Crippen molar-refractivity contribution in [1.82, 2.24) is 10.2 Å². The van der Waals surface area contributed by atoms with Crippen LogP contribution in [0.3, 0.4) is 0 Å². The average molecular weight is 257 g/mol. The Morgan fingerprint density at radius 3 is 2.60 bits per heavy atom. The van der Waals surface area contributed by atoms with Gasteiger partial charge in [0.2, 0.25) is 4.47 Å². The lowest BCUT2D eigenvalue weighted by Crippen LogP contribution is -1.82. The predicted molar refractivity (Wildman–Crippen MR) is 66.4 cm³/mol. The minimum absolute atomic E-state index is 0.519. The highest BCUT2D eigenvalue weighted by atomic mass is 35.5. The Morgan fingerprint density at radius 1 is 1.13 bits per heavy atom. The first kappa shape index (κ1) is 10.9. The van der Waals surface area contributed by atoms with Crippen LogP contribution >= 0.6 is 34.7 Å². The first-order valence-electron chi connectivity index (χ1n) is 4.44. The highest BCUT2D eigenvalue weighted by Gasteiger charge is 2.01. The molecule has 0 saturated heterocycles. The van der Waals surface area contributed by atoms with Crippen molar-refractivity contribution in [3.8, 4) is 0 Å². The van der Waals surface area contributed by atoms with Crippen molar-refractivity contribution < 1.29 is 0 Å². The minimum atomic E-state index is 0.519. The van der Waals surface area contributed by atoms with Crippen LogP contribution in [0.1, 0.15) is 10.6 Å². The molecule has 0 bridgehead atoms. The van der Waals surface area contributed by atoms with Crippen LogP contribution < -0.4 is 0 Å². The van der Waals surface area contributed by atoms with Crippen molar-refractivity contribution in [2.45, 2.75) is 11.5 Å². The first-order chi connectivity index (χ1) is 7.34. The summed E-state index contributed by atoms with van der Waals surface area (Å²) in [5.41, 5.74) is 1.33. The van der Waals surface area contributed by atoms with E-state index >= 15 is 0 Å². The van der Waals surface area contributed by atoms with E-state index in [0.717, 1.165) is 16.5 Å². The largest absolute Gasteiger partial charge is 0.207 e. The minimum Gasteiger partial charge on any atom is -0.150 e. The average Bonchev–Trinajstić information content (AvgIpc) is 2.66. The molecule has 15 heavy (non-hydrogen) atoms. The normalized spacial score (nSPS) is 10.5. The maximum Gasteiger partial charge on any atom is 0.207 e. The fourth-order valence-corrected chi connectivity index (χ4v) is 3.03. The van der Waals surface area contributed by atoms with Crippen molar-refractivity contribution >= 4 is 34.7 Å². The molecule has 0 spiro atoms. The molecule has 2 rings (SSSR count). The van der Waals surface area contributed by atoms with Crippen LogP contribution in [0.4, 0.5) is 0 Å². The summed E-state index contributed by atoms with van der Waals surface area (Å²) in [6.07, 6.45) is 0. The van der Waals surface area contributed by atoms with Crippen LogP contribution in [0.25, 0.3) is 0 Å². The van der Waals surface area contributed by atoms with E-state index in [9.17, 15) is 0 Å². The molecule has 1 heterocycles. The summed E-state index contributed by atoms with van der Waals surface area (Å²) < 4.78 is 0.519. The predicted octanol–water partition coefficient (Wildman–Crippen LogP) is 3.62. The van der Waals surface area contributed by atoms with E-state index in [1.807, 2.05) is 17.8 Å². The number of rotatable bonds is 4. The third kappa shape index (κ3) is 3.48. The molecule has 0 atom stereocenters. The van der Waals surface area contributed by atoms with Gasteiger partial charge in [-0.05, 0) is 17.2 Å². The molecule has 1 aromatic heterocycles. The fourth-order valence-electron chi connectivity index (χ4n) is 1.12. The van der Waals surface area contributed by atoms with Gasteiger partial charge in [0.05, 0.1) is 0 Å². The van der Waals surface area contributed by atoms with Crippen LogP contribution in [-0.2, 0) is 11.5 Å². The second-order valence-corrected chi connectivity index (χ2v) is 5.56. The second kappa shape index (κ2) is 5.49. The standard InChI is InChI=1S/C10H9ClN2S2/c11-10-13-12-9(15-10)7-14-6-8-4-2-1-3-5-8/h1-5H,6-7H2. The molecule has 78 valence electrons. The SMILES string of the molecule is Clc1nnc(CSCc2ccccc2)s1. The Labute approximate surface area is 102 Å². The number of hydrogen-bond donors (Lipinski definition) is 0. The van der Waals surface area contributed by atoms with Crippen molar-refractivity contribution in [3.05, 3.63) is 45.4 Å². The van der Waals surface area contributed by atoms with Crippen LogP contribution in [0.15, 0.2) is 30.3 Å². The Morgan fingerprint density at radius 2 is 1.93 bits per heavy atom. The van der Waals surface area contributed by atoms with Gasteiger partial charge in [0.15, 0.2) is 0 Å². The first-order valence-corrected chi connectivity index (χ1v) is 6.79. The Kier molecular flexibility index (Phi) is 4.00. The summed E-state index contributed by atoms with van der Waals surface area (Å²) in [5, 5.41) is 8.71. The molecule has 5 heteroatoms. The summed E-state index contributed by atoms with van der Waals surface area (Å²) in [7, 11) is 0. The summed E-state index contributed by atoms with van der Waals surface area (Å²) in [6, 6.07) is 10.4. The summed E-state index contributed by atoms with van der Waals surface area (Å²) >= 11 is 8.96. The molecule has 0 aliphatic heterocycles. The Hall–Kier alpha value is -0.580. The van der Waals surface area contributed by atoms with E-state index in [2.05, 4.69) is 34.5 Å². The van der Waals surface area contributed by atoms with Crippen LogP contribution in [0.5, 0.6) is 0 Å². The van der Waals surface area contributed by atoms with E-state index in [0.29, 0.717) is 4.47 Å². The zero-order valence-electron chi connectivity index (χ0n) is 7.89. The monoisotopic (exact) mass is 256 g/mol. The molecular weight excluding hydrogens is 248 g/mol. The van der Waals surface area contributed by atoms with E-state index in [4.69, 9.17) is 11.6 Å². The smallest absolute Gasteiger partial charge is 0.150 e. The van der Waals surface area contributed by atoms with Crippen molar-refractivity contribution in [1.29, 1.82) is 0 Å². The van der Waals surface area contributed by atoms with Crippen molar-refractivity contribution in [3.63, 3.8) is 0 Å². The summed E-state index contributed by atoms with van der Waals surface area (Å²) in [4.78, 5) is 0. The Bertz CT molecular complexity index is 416. The zero-order valence-corrected chi connectivity index (χ0v) is 10.3. The highest BCUT2D eigenvalue weighted by Crippen LogP contribution is 2.22. The number of halogens is 1. The van der Waals surface area contributed by atoms with Gasteiger partial charge >= 0.3 is 0 Å². The van der Waals surface area contributed by atoms with E-state index in [1.54, 1.807) is 0 Å². The zero-order chi connectivity index (χ0) is 10.5. The molecule has 0 aliphatic carbocycles. The number of thioether (sulfide) groups is 1. The van der Waals surface area contributed by atoms with Gasteiger partial charge in [0, 0.05) is 11.5 Å². The van der Waals surface area contributed by atoms with Crippen LogP contribution in [-0.4, -0.2) is 10.2 Å². The molecule has 0 aliphatic rings. The molecule has 0 N–H and O–H groups in total. The lowest BCUT2D eigenvalue weighted by atomic mass is 10.2. The van der Waals surface area contributed by atoms with E-state index in [-0.39, 0.29) is 0 Å². The third-order valence-electron chi connectivity index (χ3n) is 1.78. The molecule has 2 aromatic rings. The third-order valence-corrected chi connectivity index (χ3v) is 4.00. The Balaban J connectivity index is 1.80. The van der Waals surface area contributed by atoms with Crippen LogP contribution in [0, 0.1) is 0 Å². The van der Waals surface area contributed by atoms with Gasteiger partial charge in [-0.2, -0.15) is 0 Å².